The summed E-state index contributed by atoms with van der Waals surface area (Å²) >= 11 is 11.5. The minimum Gasteiger partial charge on any atom is -0.349 e. The number of benzene rings is 1. The van der Waals surface area contributed by atoms with Crippen molar-refractivity contribution in [2.24, 2.45) is 5.90 Å². The molecule has 4 nitrogen and oxygen atoms in total. The molecule has 88 valence electrons. The lowest BCUT2D eigenvalue weighted by Gasteiger charge is -2.10. The van der Waals surface area contributed by atoms with E-state index < -0.39 is 0 Å². The molecule has 6 heteroatoms. The van der Waals surface area contributed by atoms with E-state index in [-0.39, 0.29) is 12.0 Å². The Morgan fingerprint density at radius 2 is 2.19 bits per heavy atom. The molecule has 0 bridgehead atoms. The Morgan fingerprint density at radius 3 is 2.75 bits per heavy atom. The predicted molar refractivity (Wildman–Crippen MR) is 63.5 cm³/mol. The molecule has 0 aliphatic rings. The molecule has 16 heavy (non-hydrogen) atoms. The molecule has 3 N–H and O–H groups in total. The van der Waals surface area contributed by atoms with Crippen molar-refractivity contribution in [1.82, 2.24) is 5.32 Å². The number of rotatable bonds is 4. The van der Waals surface area contributed by atoms with Crippen molar-refractivity contribution in [3.8, 4) is 0 Å². The van der Waals surface area contributed by atoms with Crippen molar-refractivity contribution < 1.29 is 9.63 Å². The van der Waals surface area contributed by atoms with E-state index in [2.05, 4.69) is 10.2 Å². The summed E-state index contributed by atoms with van der Waals surface area (Å²) in [7, 11) is 0. The van der Waals surface area contributed by atoms with Gasteiger partial charge in [0.05, 0.1) is 16.1 Å². The van der Waals surface area contributed by atoms with Crippen LogP contribution in [0, 0.1) is 0 Å². The Hall–Kier alpha value is -0.810. The quantitative estimate of drug-likeness (QED) is 0.816. The first-order chi connectivity index (χ1) is 7.54. The van der Waals surface area contributed by atoms with Crippen LogP contribution in [0.4, 0.5) is 0 Å². The molecule has 0 aromatic heterocycles. The van der Waals surface area contributed by atoms with Crippen LogP contribution in [-0.4, -0.2) is 18.6 Å². The van der Waals surface area contributed by atoms with Crippen molar-refractivity contribution in [3.63, 3.8) is 0 Å². The van der Waals surface area contributed by atoms with Gasteiger partial charge in [-0.05, 0) is 25.1 Å². The van der Waals surface area contributed by atoms with Crippen molar-refractivity contribution in [2.75, 3.05) is 6.54 Å². The second-order valence-electron chi connectivity index (χ2n) is 3.29. The van der Waals surface area contributed by atoms with Gasteiger partial charge in [-0.1, -0.05) is 23.2 Å². The van der Waals surface area contributed by atoms with Gasteiger partial charge in [0.25, 0.3) is 5.91 Å². The van der Waals surface area contributed by atoms with Gasteiger partial charge < -0.3 is 5.32 Å². The number of carbonyl (C=O) groups is 1. The maximum Gasteiger partial charge on any atom is 0.251 e. The summed E-state index contributed by atoms with van der Waals surface area (Å²) in [5.74, 6) is 4.70. The summed E-state index contributed by atoms with van der Waals surface area (Å²) in [5.41, 5.74) is 0.443. The third kappa shape index (κ3) is 3.64. The molecule has 1 amide bonds. The molecular weight excluding hydrogens is 251 g/mol. The summed E-state index contributed by atoms with van der Waals surface area (Å²) in [6.07, 6.45) is -0.244. The van der Waals surface area contributed by atoms with Crippen LogP contribution in [0.25, 0.3) is 0 Å². The fourth-order valence-corrected chi connectivity index (χ4v) is 1.32. The summed E-state index contributed by atoms with van der Waals surface area (Å²) in [6, 6.07) is 4.67. The van der Waals surface area contributed by atoms with Crippen LogP contribution in [0.15, 0.2) is 18.2 Å². The number of nitrogens with two attached hydrogens (primary N) is 1. The number of carbonyl (C=O) groups excluding carboxylic acids is 1. The zero-order chi connectivity index (χ0) is 12.1. The highest BCUT2D eigenvalue weighted by Crippen LogP contribution is 2.22. The summed E-state index contributed by atoms with van der Waals surface area (Å²) < 4.78 is 0. The summed E-state index contributed by atoms with van der Waals surface area (Å²) in [4.78, 5) is 16.1. The first-order valence-electron chi connectivity index (χ1n) is 4.63. The molecule has 1 aromatic carbocycles. The highest BCUT2D eigenvalue weighted by Gasteiger charge is 2.09. The predicted octanol–water partition coefficient (Wildman–Crippen LogP) is 2.00. The number of nitrogens with one attached hydrogen (secondary N) is 1. The van der Waals surface area contributed by atoms with Crippen LogP contribution >= 0.6 is 23.2 Å². The molecule has 0 radical (unpaired) electrons. The monoisotopic (exact) mass is 262 g/mol. The van der Waals surface area contributed by atoms with Gasteiger partial charge in [0.1, 0.15) is 0 Å². The van der Waals surface area contributed by atoms with Crippen LogP contribution < -0.4 is 11.2 Å². The fourth-order valence-electron chi connectivity index (χ4n) is 1.02. The molecule has 1 rings (SSSR count). The van der Waals surface area contributed by atoms with Gasteiger partial charge in [0, 0.05) is 12.1 Å². The minimum absolute atomic E-state index is 0.244. The largest absolute Gasteiger partial charge is 0.349 e. The SMILES string of the molecule is CC(CNC(=O)c1ccc(Cl)c(Cl)c1)ON. The second-order valence-corrected chi connectivity index (χ2v) is 4.10. The van der Waals surface area contributed by atoms with Crippen LogP contribution in [0.3, 0.4) is 0 Å². The minimum atomic E-state index is -0.248. The third-order valence-electron chi connectivity index (χ3n) is 1.96. The molecule has 1 unspecified atom stereocenters. The number of halogens is 2. The molecule has 0 saturated heterocycles. The molecule has 0 aliphatic carbocycles. The van der Waals surface area contributed by atoms with Gasteiger partial charge in [0.15, 0.2) is 0 Å². The van der Waals surface area contributed by atoms with Gasteiger partial charge in [-0.3, -0.25) is 9.63 Å². The lowest BCUT2D eigenvalue weighted by Crippen LogP contribution is -2.33. The molecule has 0 saturated carbocycles. The molecule has 0 aliphatic heterocycles. The highest BCUT2D eigenvalue weighted by atomic mass is 35.5. The lowest BCUT2D eigenvalue weighted by molar-refractivity contribution is 0.0622. The van der Waals surface area contributed by atoms with Crippen molar-refractivity contribution in [2.45, 2.75) is 13.0 Å². The normalized spacial score (nSPS) is 12.2. The van der Waals surface area contributed by atoms with E-state index in [1.807, 2.05) is 0 Å². The van der Waals surface area contributed by atoms with Gasteiger partial charge in [-0.25, -0.2) is 5.90 Å². The Morgan fingerprint density at radius 1 is 1.50 bits per heavy atom. The van der Waals surface area contributed by atoms with E-state index in [1.54, 1.807) is 19.1 Å². The van der Waals surface area contributed by atoms with Crippen LogP contribution in [-0.2, 0) is 4.84 Å². The maximum absolute atomic E-state index is 11.6. The zero-order valence-corrected chi connectivity index (χ0v) is 10.2. The van der Waals surface area contributed by atoms with E-state index in [4.69, 9.17) is 29.1 Å². The number of hydrogen-bond donors (Lipinski definition) is 2. The average molecular weight is 263 g/mol. The lowest BCUT2D eigenvalue weighted by atomic mass is 10.2. The Balaban J connectivity index is 2.63. The van der Waals surface area contributed by atoms with Gasteiger partial charge in [0.2, 0.25) is 0 Å². The third-order valence-corrected chi connectivity index (χ3v) is 2.70. The van der Waals surface area contributed by atoms with Crippen molar-refractivity contribution in [3.05, 3.63) is 33.8 Å². The average Bonchev–Trinajstić information content (AvgIpc) is 2.29. The first kappa shape index (κ1) is 13.3. The second kappa shape index (κ2) is 6.06. The first-order valence-corrected chi connectivity index (χ1v) is 5.39. The Kier molecular flexibility index (Phi) is 5.02. The topological polar surface area (TPSA) is 64.3 Å². The molecule has 0 spiro atoms. The standard InChI is InChI=1S/C10H12Cl2N2O2/c1-6(16-13)5-14-10(15)7-2-3-8(11)9(12)4-7/h2-4,6H,5,13H2,1H3,(H,14,15). The van der Waals surface area contributed by atoms with Gasteiger partial charge in [-0.15, -0.1) is 0 Å². The summed E-state index contributed by atoms with van der Waals surface area (Å²) in [6.45, 7) is 2.07. The van der Waals surface area contributed by atoms with E-state index in [0.717, 1.165) is 0 Å². The molecule has 1 atom stereocenters. The highest BCUT2D eigenvalue weighted by molar-refractivity contribution is 6.42. The van der Waals surface area contributed by atoms with E-state index in [0.29, 0.717) is 22.2 Å². The van der Waals surface area contributed by atoms with Crippen LogP contribution in [0.5, 0.6) is 0 Å². The van der Waals surface area contributed by atoms with Gasteiger partial charge >= 0.3 is 0 Å². The smallest absolute Gasteiger partial charge is 0.251 e. The molecule has 1 aromatic rings. The Labute approximate surface area is 104 Å². The molecular formula is C10H12Cl2N2O2. The van der Waals surface area contributed by atoms with Crippen LogP contribution in [0.2, 0.25) is 10.0 Å². The van der Waals surface area contributed by atoms with Crippen molar-refractivity contribution in [1.29, 1.82) is 0 Å². The van der Waals surface area contributed by atoms with E-state index in [1.165, 1.54) is 6.07 Å². The van der Waals surface area contributed by atoms with Crippen molar-refractivity contribution >= 4 is 29.1 Å². The van der Waals surface area contributed by atoms with Gasteiger partial charge in [-0.2, -0.15) is 0 Å². The maximum atomic E-state index is 11.6. The number of hydrogen-bond acceptors (Lipinski definition) is 3. The summed E-state index contributed by atoms with van der Waals surface area (Å²) in [5, 5.41) is 3.41. The van der Waals surface area contributed by atoms with E-state index >= 15 is 0 Å². The fraction of sp³-hybridized carbons (Fsp3) is 0.300. The van der Waals surface area contributed by atoms with Crippen LogP contribution in [0.1, 0.15) is 17.3 Å². The Bertz CT molecular complexity index is 385. The molecule has 0 heterocycles. The zero-order valence-electron chi connectivity index (χ0n) is 8.67. The molecule has 0 fully saturated rings. The number of amides is 1. The van der Waals surface area contributed by atoms with E-state index in [9.17, 15) is 4.79 Å².